The molecule has 2 fully saturated rings. The van der Waals surface area contributed by atoms with E-state index in [-0.39, 0.29) is 22.8 Å². The Morgan fingerprint density at radius 3 is 2.47 bits per heavy atom. The number of allylic oxidation sites excluding steroid dienone is 1. The zero-order chi connectivity index (χ0) is 22.2. The van der Waals surface area contributed by atoms with E-state index in [1.54, 1.807) is 30.5 Å². The smallest absolute Gasteiger partial charge is 0.200 e. The number of benzene rings is 2. The molecule has 1 saturated carbocycles. The third kappa shape index (κ3) is 3.96. The zero-order valence-corrected chi connectivity index (χ0v) is 17.5. The lowest BCUT2D eigenvalue weighted by molar-refractivity contribution is 0.104. The molecule has 0 amide bonds. The highest BCUT2D eigenvalue weighted by molar-refractivity contribution is 6.08. The fourth-order valence-electron chi connectivity index (χ4n) is 4.17. The van der Waals surface area contributed by atoms with Gasteiger partial charge < -0.3 is 14.8 Å². The minimum Gasteiger partial charge on any atom is -0.367 e. The molecule has 0 radical (unpaired) electrons. The first-order chi connectivity index (χ1) is 15.5. The third-order valence-electron chi connectivity index (χ3n) is 6.06. The number of ketones is 1. The van der Waals surface area contributed by atoms with Crippen LogP contribution in [0.25, 0.3) is 17.0 Å². The number of carbonyl (C=O) groups is 1. The van der Waals surface area contributed by atoms with Gasteiger partial charge in [0.25, 0.3) is 0 Å². The highest BCUT2D eigenvalue weighted by Crippen LogP contribution is 2.38. The van der Waals surface area contributed by atoms with Crippen molar-refractivity contribution in [1.29, 1.82) is 0 Å². The first-order valence-electron chi connectivity index (χ1n) is 10.8. The molecule has 3 aromatic rings. The van der Waals surface area contributed by atoms with Crippen molar-refractivity contribution >= 4 is 28.4 Å². The lowest BCUT2D eigenvalue weighted by atomic mass is 10.1. The van der Waals surface area contributed by atoms with Crippen molar-refractivity contribution in [2.24, 2.45) is 0 Å². The van der Waals surface area contributed by atoms with Crippen LogP contribution in [-0.2, 0) is 0 Å². The van der Waals surface area contributed by atoms with Gasteiger partial charge in [0.1, 0.15) is 11.6 Å². The summed E-state index contributed by atoms with van der Waals surface area (Å²) >= 11 is 0. The van der Waals surface area contributed by atoms with Crippen LogP contribution in [-0.4, -0.2) is 36.5 Å². The van der Waals surface area contributed by atoms with E-state index in [0.717, 1.165) is 25.9 Å². The Morgan fingerprint density at radius 1 is 1.06 bits per heavy atom. The number of anilines is 1. The lowest BCUT2D eigenvalue weighted by Crippen LogP contribution is -2.43. The molecule has 1 aliphatic heterocycles. The van der Waals surface area contributed by atoms with Crippen molar-refractivity contribution in [3.05, 3.63) is 81.7 Å². The summed E-state index contributed by atoms with van der Waals surface area (Å²) in [7, 11) is 0. The molecule has 1 aromatic heterocycles. The summed E-state index contributed by atoms with van der Waals surface area (Å²) in [5.41, 5.74) is 1.33. The fourth-order valence-corrected chi connectivity index (χ4v) is 4.17. The summed E-state index contributed by atoms with van der Waals surface area (Å²) in [5.74, 6) is -1.27. The van der Waals surface area contributed by atoms with Crippen LogP contribution >= 0.6 is 0 Å². The lowest BCUT2D eigenvalue weighted by Gasteiger charge is -2.30. The van der Waals surface area contributed by atoms with E-state index in [1.807, 2.05) is 9.47 Å². The van der Waals surface area contributed by atoms with Gasteiger partial charge in [-0.05, 0) is 48.7 Å². The summed E-state index contributed by atoms with van der Waals surface area (Å²) in [6.45, 7) is 2.95. The van der Waals surface area contributed by atoms with Crippen molar-refractivity contribution in [2.45, 2.75) is 18.9 Å². The van der Waals surface area contributed by atoms with Crippen molar-refractivity contribution in [3.63, 3.8) is 0 Å². The number of fused-ring (bicyclic) bond motifs is 1. The van der Waals surface area contributed by atoms with Gasteiger partial charge in [0.2, 0.25) is 5.43 Å². The molecule has 0 spiro atoms. The van der Waals surface area contributed by atoms with Crippen molar-refractivity contribution < 1.29 is 13.6 Å². The van der Waals surface area contributed by atoms with Gasteiger partial charge in [-0.25, -0.2) is 8.78 Å². The van der Waals surface area contributed by atoms with Crippen LogP contribution in [0, 0.1) is 11.6 Å². The van der Waals surface area contributed by atoms with Gasteiger partial charge in [-0.15, -0.1) is 0 Å². The monoisotopic (exact) mass is 435 g/mol. The molecule has 5 nitrogen and oxygen atoms in total. The van der Waals surface area contributed by atoms with E-state index in [2.05, 4.69) is 5.32 Å². The summed E-state index contributed by atoms with van der Waals surface area (Å²) < 4.78 is 30.1. The minimum atomic E-state index is -0.476. The molecule has 7 heteroatoms. The molecule has 0 unspecified atom stereocenters. The van der Waals surface area contributed by atoms with Gasteiger partial charge >= 0.3 is 0 Å². The topological polar surface area (TPSA) is 54.3 Å². The molecule has 164 valence electrons. The maximum atomic E-state index is 15.0. The number of carbonyl (C=O) groups excluding carboxylic acids is 1. The standard InChI is InChI=1S/C25H23F2N3O2/c26-17-4-1-16(2-5-17)3-8-24(31)20-15-30(18-6-7-18)22-14-23(29-11-9-28-10-12-29)21(27)13-19(22)25(20)32/h1-5,8,13-15,18,28H,6-7,9-12H2. The Kier molecular flexibility index (Phi) is 5.35. The molecule has 1 N–H and O–H groups in total. The Bertz CT molecular complexity index is 1270. The number of pyridine rings is 1. The second kappa shape index (κ2) is 8.31. The molecule has 0 bridgehead atoms. The Morgan fingerprint density at radius 2 is 1.78 bits per heavy atom. The number of rotatable bonds is 5. The van der Waals surface area contributed by atoms with Crippen LogP contribution in [0.1, 0.15) is 34.8 Å². The molecular formula is C25H23F2N3O2. The van der Waals surface area contributed by atoms with Crippen LogP contribution in [0.15, 0.2) is 53.5 Å². The van der Waals surface area contributed by atoms with Crippen LogP contribution in [0.4, 0.5) is 14.5 Å². The van der Waals surface area contributed by atoms with E-state index in [9.17, 15) is 14.0 Å². The van der Waals surface area contributed by atoms with Crippen LogP contribution in [0.2, 0.25) is 0 Å². The number of nitrogens with zero attached hydrogens (tertiary/aromatic N) is 2. The average molecular weight is 435 g/mol. The maximum Gasteiger partial charge on any atom is 0.200 e. The largest absolute Gasteiger partial charge is 0.367 e. The first-order valence-corrected chi connectivity index (χ1v) is 10.8. The molecule has 0 atom stereocenters. The Balaban J connectivity index is 1.57. The SMILES string of the molecule is O=C(C=Cc1ccc(F)cc1)c1cn(C2CC2)c2cc(N3CCNCC3)c(F)cc2c1=O. The highest BCUT2D eigenvalue weighted by atomic mass is 19.1. The number of aromatic nitrogens is 1. The van der Waals surface area contributed by atoms with Gasteiger partial charge in [-0.2, -0.15) is 0 Å². The molecule has 1 saturated heterocycles. The first kappa shape index (κ1) is 20.6. The summed E-state index contributed by atoms with van der Waals surface area (Å²) in [5, 5.41) is 3.47. The second-order valence-electron chi connectivity index (χ2n) is 8.32. The van der Waals surface area contributed by atoms with Crippen LogP contribution in [0.5, 0.6) is 0 Å². The molecule has 5 rings (SSSR count). The van der Waals surface area contributed by atoms with Gasteiger partial charge in [-0.3, -0.25) is 9.59 Å². The van der Waals surface area contributed by atoms with E-state index >= 15 is 4.39 Å². The van der Waals surface area contributed by atoms with Crippen molar-refractivity contribution in [3.8, 4) is 0 Å². The summed E-state index contributed by atoms with van der Waals surface area (Å²) in [6.07, 6.45) is 6.37. The minimum absolute atomic E-state index is 0.0112. The van der Waals surface area contributed by atoms with E-state index in [1.165, 1.54) is 24.3 Å². The molecule has 2 aromatic carbocycles. The normalized spacial score (nSPS) is 16.8. The quantitative estimate of drug-likeness (QED) is 0.488. The number of piperazine rings is 1. The second-order valence-corrected chi connectivity index (χ2v) is 8.32. The molecule has 2 heterocycles. The van der Waals surface area contributed by atoms with Gasteiger partial charge in [0, 0.05) is 43.8 Å². The third-order valence-corrected chi connectivity index (χ3v) is 6.06. The predicted octanol–water partition coefficient (Wildman–Crippen LogP) is 3.92. The molecular weight excluding hydrogens is 412 g/mol. The van der Waals surface area contributed by atoms with Crippen LogP contribution in [0.3, 0.4) is 0 Å². The highest BCUT2D eigenvalue weighted by Gasteiger charge is 2.27. The molecule has 2 aliphatic rings. The van der Waals surface area contributed by atoms with E-state index in [4.69, 9.17) is 0 Å². The number of hydrogen-bond donors (Lipinski definition) is 1. The van der Waals surface area contributed by atoms with Gasteiger partial charge in [-0.1, -0.05) is 18.2 Å². The van der Waals surface area contributed by atoms with E-state index in [0.29, 0.717) is 29.9 Å². The zero-order valence-electron chi connectivity index (χ0n) is 17.5. The van der Waals surface area contributed by atoms with Gasteiger partial charge in [0.05, 0.1) is 16.8 Å². The number of nitrogens with one attached hydrogen (secondary N) is 1. The maximum absolute atomic E-state index is 15.0. The predicted molar refractivity (Wildman–Crippen MR) is 121 cm³/mol. The summed E-state index contributed by atoms with van der Waals surface area (Å²) in [4.78, 5) is 28.0. The molecule has 32 heavy (non-hydrogen) atoms. The average Bonchev–Trinajstić information content (AvgIpc) is 3.65. The van der Waals surface area contributed by atoms with Crippen molar-refractivity contribution in [1.82, 2.24) is 9.88 Å². The van der Waals surface area contributed by atoms with Crippen LogP contribution < -0.4 is 15.6 Å². The van der Waals surface area contributed by atoms with Gasteiger partial charge in [0.15, 0.2) is 5.78 Å². The molecule has 1 aliphatic carbocycles. The summed E-state index contributed by atoms with van der Waals surface area (Å²) in [6, 6.07) is 8.93. The fraction of sp³-hybridized carbons (Fsp3) is 0.280. The number of halogens is 2. The Labute approximate surface area is 184 Å². The number of hydrogen-bond acceptors (Lipinski definition) is 4. The van der Waals surface area contributed by atoms with Crippen molar-refractivity contribution in [2.75, 3.05) is 31.1 Å². The Hall–Kier alpha value is -3.32. The van der Waals surface area contributed by atoms with E-state index < -0.39 is 17.0 Å².